The van der Waals surface area contributed by atoms with Crippen LogP contribution in [0.2, 0.25) is 0 Å². The quantitative estimate of drug-likeness (QED) is 0.896. The summed E-state index contributed by atoms with van der Waals surface area (Å²) in [5.41, 5.74) is 2.30. The van der Waals surface area contributed by atoms with Crippen molar-refractivity contribution in [1.82, 2.24) is 10.2 Å². The Labute approximate surface area is 150 Å². The highest BCUT2D eigenvalue weighted by Gasteiger charge is 2.54. The summed E-state index contributed by atoms with van der Waals surface area (Å²) in [6.45, 7) is 4.23. The second-order valence-electron chi connectivity index (χ2n) is 8.33. The van der Waals surface area contributed by atoms with E-state index in [0.717, 1.165) is 37.1 Å². The van der Waals surface area contributed by atoms with Crippen molar-refractivity contribution in [1.29, 1.82) is 0 Å². The summed E-state index contributed by atoms with van der Waals surface area (Å²) in [4.78, 5) is 27.5. The molecule has 25 heavy (non-hydrogen) atoms. The molecule has 1 aromatic carbocycles. The van der Waals surface area contributed by atoms with Crippen LogP contribution in [-0.2, 0) is 16.0 Å². The molecule has 134 valence electrons. The van der Waals surface area contributed by atoms with Crippen molar-refractivity contribution in [3.63, 3.8) is 0 Å². The summed E-state index contributed by atoms with van der Waals surface area (Å²) in [7, 11) is 0. The minimum absolute atomic E-state index is 0.0131. The molecule has 1 aromatic rings. The van der Waals surface area contributed by atoms with Crippen LogP contribution in [0.5, 0.6) is 0 Å². The molecule has 1 aliphatic heterocycles. The van der Waals surface area contributed by atoms with Crippen molar-refractivity contribution in [2.75, 3.05) is 19.6 Å². The maximum Gasteiger partial charge on any atom is 0.227 e. The summed E-state index contributed by atoms with van der Waals surface area (Å²) in [5.74, 6) is 1.03. The second kappa shape index (κ2) is 6.47. The van der Waals surface area contributed by atoms with E-state index >= 15 is 0 Å². The van der Waals surface area contributed by atoms with Gasteiger partial charge < -0.3 is 10.2 Å². The van der Waals surface area contributed by atoms with Crippen LogP contribution in [0.3, 0.4) is 0 Å². The minimum Gasteiger partial charge on any atom is -0.356 e. The predicted octanol–water partition coefficient (Wildman–Crippen LogP) is 2.69. The molecule has 0 bridgehead atoms. The Bertz CT molecular complexity index is 676. The van der Waals surface area contributed by atoms with Gasteiger partial charge in [0.1, 0.15) is 0 Å². The van der Waals surface area contributed by atoms with Crippen molar-refractivity contribution >= 4 is 11.8 Å². The van der Waals surface area contributed by atoms with Crippen LogP contribution in [0.1, 0.15) is 43.2 Å². The molecule has 1 spiro atoms. The summed E-state index contributed by atoms with van der Waals surface area (Å²) in [5, 5.41) is 3.15. The van der Waals surface area contributed by atoms with E-state index < -0.39 is 0 Å². The third-order valence-corrected chi connectivity index (χ3v) is 6.53. The highest BCUT2D eigenvalue weighted by Crippen LogP contribution is 2.51. The zero-order valence-corrected chi connectivity index (χ0v) is 15.1. The molecule has 2 aliphatic carbocycles. The maximum absolute atomic E-state index is 12.8. The van der Waals surface area contributed by atoms with E-state index in [4.69, 9.17) is 0 Å². The van der Waals surface area contributed by atoms with Gasteiger partial charge in [-0.3, -0.25) is 9.59 Å². The van der Waals surface area contributed by atoms with Crippen molar-refractivity contribution in [3.05, 3.63) is 35.4 Å². The van der Waals surface area contributed by atoms with Gasteiger partial charge in [0.05, 0.1) is 12.3 Å². The molecule has 0 radical (unpaired) electrons. The number of carbonyl (C=O) groups excluding carboxylic acids is 2. The molecule has 1 unspecified atom stereocenters. The van der Waals surface area contributed by atoms with Crippen LogP contribution in [0.4, 0.5) is 0 Å². The van der Waals surface area contributed by atoms with E-state index in [-0.39, 0.29) is 23.1 Å². The molecule has 4 nitrogen and oxygen atoms in total. The van der Waals surface area contributed by atoms with Gasteiger partial charge in [-0.15, -0.1) is 0 Å². The average Bonchev–Trinajstić information content (AvgIpc) is 3.30. The van der Waals surface area contributed by atoms with E-state index in [1.165, 1.54) is 19.3 Å². The highest BCUT2D eigenvalue weighted by atomic mass is 16.2. The van der Waals surface area contributed by atoms with Crippen LogP contribution in [-0.4, -0.2) is 36.3 Å². The topological polar surface area (TPSA) is 49.4 Å². The number of nitrogens with zero attached hydrogens (tertiary/aromatic N) is 1. The zero-order valence-electron chi connectivity index (χ0n) is 15.1. The smallest absolute Gasteiger partial charge is 0.227 e. The van der Waals surface area contributed by atoms with Crippen LogP contribution in [0, 0.1) is 24.2 Å². The van der Waals surface area contributed by atoms with Crippen molar-refractivity contribution < 1.29 is 9.59 Å². The summed E-state index contributed by atoms with van der Waals surface area (Å²) in [6.07, 6.45) is 6.30. The van der Waals surface area contributed by atoms with Crippen molar-refractivity contribution in [2.45, 2.75) is 45.4 Å². The number of likely N-dealkylation sites (tertiary alicyclic amines) is 1. The molecule has 4 rings (SSSR count). The van der Waals surface area contributed by atoms with Gasteiger partial charge in [0.25, 0.3) is 0 Å². The molecule has 1 saturated heterocycles. The fraction of sp³-hybridized carbons (Fsp3) is 0.619. The van der Waals surface area contributed by atoms with E-state index in [0.29, 0.717) is 18.9 Å². The zero-order chi connectivity index (χ0) is 17.4. The normalized spacial score (nSPS) is 24.2. The first-order valence-corrected chi connectivity index (χ1v) is 9.67. The first kappa shape index (κ1) is 16.6. The SMILES string of the molecule is Cc1ccccc1CC(=O)N1CC(C(=O)NCC2CC2)C2(CCC2)C1. The van der Waals surface area contributed by atoms with Gasteiger partial charge in [0.2, 0.25) is 11.8 Å². The van der Waals surface area contributed by atoms with Crippen LogP contribution < -0.4 is 5.32 Å². The lowest BCUT2D eigenvalue weighted by atomic mass is 9.62. The van der Waals surface area contributed by atoms with Crippen LogP contribution in [0.15, 0.2) is 24.3 Å². The molecular weight excluding hydrogens is 312 g/mol. The van der Waals surface area contributed by atoms with Gasteiger partial charge >= 0.3 is 0 Å². The molecule has 2 amide bonds. The largest absolute Gasteiger partial charge is 0.356 e. The predicted molar refractivity (Wildman–Crippen MR) is 97.0 cm³/mol. The van der Waals surface area contributed by atoms with Crippen LogP contribution >= 0.6 is 0 Å². The Balaban J connectivity index is 1.42. The monoisotopic (exact) mass is 340 g/mol. The fourth-order valence-electron chi connectivity index (χ4n) is 4.43. The number of aryl methyl sites for hydroxylation is 1. The van der Waals surface area contributed by atoms with Gasteiger partial charge in [-0.1, -0.05) is 30.7 Å². The highest BCUT2D eigenvalue weighted by molar-refractivity contribution is 5.84. The minimum atomic E-state index is -0.0131. The standard InChI is InChI=1S/C21H28N2O2/c1-15-5-2-3-6-17(15)11-19(24)23-13-18(21(14-23)9-4-10-21)20(25)22-12-16-7-8-16/h2-3,5-6,16,18H,4,7-14H2,1H3,(H,22,25). The Morgan fingerprint density at radius 2 is 2.00 bits per heavy atom. The number of hydrogen-bond donors (Lipinski definition) is 1. The van der Waals surface area contributed by atoms with Gasteiger partial charge in [-0.25, -0.2) is 0 Å². The Morgan fingerprint density at radius 3 is 2.64 bits per heavy atom. The number of hydrogen-bond acceptors (Lipinski definition) is 2. The molecule has 1 N–H and O–H groups in total. The lowest BCUT2D eigenvalue weighted by molar-refractivity contribution is -0.130. The van der Waals surface area contributed by atoms with E-state index in [1.54, 1.807) is 0 Å². The van der Waals surface area contributed by atoms with Gasteiger partial charge in [-0.05, 0) is 49.7 Å². The number of carbonyl (C=O) groups is 2. The summed E-state index contributed by atoms with van der Waals surface area (Å²) >= 11 is 0. The lowest BCUT2D eigenvalue weighted by Crippen LogP contribution is -2.45. The van der Waals surface area contributed by atoms with Crippen molar-refractivity contribution in [2.24, 2.45) is 17.3 Å². The van der Waals surface area contributed by atoms with E-state index in [1.807, 2.05) is 36.1 Å². The molecule has 4 heteroatoms. The maximum atomic E-state index is 12.8. The Morgan fingerprint density at radius 1 is 1.24 bits per heavy atom. The van der Waals surface area contributed by atoms with Gasteiger partial charge in [0, 0.05) is 25.0 Å². The Hall–Kier alpha value is -1.84. The van der Waals surface area contributed by atoms with Gasteiger partial charge in [0.15, 0.2) is 0 Å². The first-order chi connectivity index (χ1) is 12.1. The summed E-state index contributed by atoms with van der Waals surface area (Å²) in [6, 6.07) is 8.07. The molecule has 2 saturated carbocycles. The summed E-state index contributed by atoms with van der Waals surface area (Å²) < 4.78 is 0. The van der Waals surface area contributed by atoms with E-state index in [9.17, 15) is 9.59 Å². The fourth-order valence-corrected chi connectivity index (χ4v) is 4.43. The average molecular weight is 340 g/mol. The lowest BCUT2D eigenvalue weighted by Gasteiger charge is -2.41. The van der Waals surface area contributed by atoms with E-state index in [2.05, 4.69) is 5.32 Å². The molecule has 1 heterocycles. The molecule has 1 atom stereocenters. The van der Waals surface area contributed by atoms with Crippen LogP contribution in [0.25, 0.3) is 0 Å². The number of amides is 2. The third-order valence-electron chi connectivity index (χ3n) is 6.53. The number of rotatable bonds is 5. The molecule has 3 aliphatic rings. The third kappa shape index (κ3) is 3.31. The Kier molecular flexibility index (Phi) is 4.30. The first-order valence-electron chi connectivity index (χ1n) is 9.67. The number of nitrogens with one attached hydrogen (secondary N) is 1. The van der Waals surface area contributed by atoms with Gasteiger partial charge in [-0.2, -0.15) is 0 Å². The molecule has 0 aromatic heterocycles. The number of benzene rings is 1. The molecule has 3 fully saturated rings. The molecular formula is C21H28N2O2. The van der Waals surface area contributed by atoms with Crippen molar-refractivity contribution in [3.8, 4) is 0 Å². The second-order valence-corrected chi connectivity index (χ2v) is 8.33.